The lowest BCUT2D eigenvalue weighted by atomic mass is 10.2. The van der Waals surface area contributed by atoms with Gasteiger partial charge in [-0.1, -0.05) is 20.3 Å². The molecule has 0 fully saturated rings. The van der Waals surface area contributed by atoms with E-state index in [1.165, 1.54) is 0 Å². The summed E-state index contributed by atoms with van der Waals surface area (Å²) in [6, 6.07) is 0. The van der Waals surface area contributed by atoms with Crippen LogP contribution >= 0.6 is 0 Å². The predicted molar refractivity (Wildman–Crippen MR) is 56.2 cm³/mol. The molecule has 2 atom stereocenters. The average Bonchev–Trinajstić information content (AvgIpc) is 2.17. The van der Waals surface area contributed by atoms with Gasteiger partial charge in [-0.25, -0.2) is 0 Å². The summed E-state index contributed by atoms with van der Waals surface area (Å²) in [5.41, 5.74) is 0. The molecule has 0 aliphatic rings. The molecule has 0 saturated carbocycles. The van der Waals surface area contributed by atoms with Gasteiger partial charge < -0.3 is 9.47 Å². The summed E-state index contributed by atoms with van der Waals surface area (Å²) in [5.74, 6) is -0.163. The van der Waals surface area contributed by atoms with Crippen molar-refractivity contribution in [2.75, 3.05) is 6.61 Å². The average molecular weight is 202 g/mol. The van der Waals surface area contributed by atoms with Crippen molar-refractivity contribution in [2.24, 2.45) is 0 Å². The molecule has 0 aromatic rings. The Morgan fingerprint density at radius 1 is 1.21 bits per heavy atom. The van der Waals surface area contributed by atoms with E-state index in [9.17, 15) is 4.79 Å². The summed E-state index contributed by atoms with van der Waals surface area (Å²) >= 11 is 0. The van der Waals surface area contributed by atoms with Gasteiger partial charge in [-0.3, -0.25) is 4.79 Å². The second-order valence-corrected chi connectivity index (χ2v) is 3.48. The minimum Gasteiger partial charge on any atom is -0.460 e. The maximum atomic E-state index is 11.0. The molecule has 0 rings (SSSR count). The zero-order valence-electron chi connectivity index (χ0n) is 9.71. The van der Waals surface area contributed by atoms with Crippen LogP contribution in [0.25, 0.3) is 0 Å². The molecule has 0 unspecified atom stereocenters. The van der Waals surface area contributed by atoms with E-state index >= 15 is 0 Å². The molecule has 3 heteroatoms. The Morgan fingerprint density at radius 3 is 2.36 bits per heavy atom. The van der Waals surface area contributed by atoms with Gasteiger partial charge >= 0.3 is 5.97 Å². The van der Waals surface area contributed by atoms with Crippen molar-refractivity contribution in [3.63, 3.8) is 0 Å². The third kappa shape index (κ3) is 5.97. The Hall–Kier alpha value is -0.570. The van der Waals surface area contributed by atoms with E-state index in [0.29, 0.717) is 6.42 Å². The first-order valence-corrected chi connectivity index (χ1v) is 5.42. The van der Waals surface area contributed by atoms with Crippen molar-refractivity contribution in [3.05, 3.63) is 0 Å². The van der Waals surface area contributed by atoms with Gasteiger partial charge in [-0.05, 0) is 20.3 Å². The van der Waals surface area contributed by atoms with Crippen LogP contribution in [0.2, 0.25) is 0 Å². The minimum absolute atomic E-state index is 0.0166. The number of esters is 1. The number of ether oxygens (including phenoxy) is 2. The van der Waals surface area contributed by atoms with E-state index in [2.05, 4.69) is 6.92 Å². The number of hydrogen-bond acceptors (Lipinski definition) is 3. The molecular weight excluding hydrogens is 180 g/mol. The molecule has 0 saturated heterocycles. The first kappa shape index (κ1) is 13.4. The Morgan fingerprint density at radius 2 is 1.86 bits per heavy atom. The minimum atomic E-state index is -0.163. The highest BCUT2D eigenvalue weighted by molar-refractivity contribution is 5.69. The number of unbranched alkanes of at least 4 members (excludes halogenated alkanes) is 1. The lowest BCUT2D eigenvalue weighted by Crippen LogP contribution is -2.28. The highest BCUT2D eigenvalue weighted by Gasteiger charge is 2.15. The second-order valence-electron chi connectivity index (χ2n) is 3.48. The van der Waals surface area contributed by atoms with Crippen LogP contribution in [0.15, 0.2) is 0 Å². The van der Waals surface area contributed by atoms with E-state index in [0.717, 1.165) is 19.4 Å². The predicted octanol–water partition coefficient (Wildman–Crippen LogP) is 2.53. The van der Waals surface area contributed by atoms with Crippen molar-refractivity contribution in [1.82, 2.24) is 0 Å². The van der Waals surface area contributed by atoms with Crippen LogP contribution in [-0.2, 0) is 14.3 Å². The fraction of sp³-hybridized carbons (Fsp3) is 0.909. The van der Waals surface area contributed by atoms with Crippen LogP contribution in [0.3, 0.4) is 0 Å². The van der Waals surface area contributed by atoms with Gasteiger partial charge in [-0.15, -0.1) is 0 Å². The molecular formula is C11H22O3. The molecule has 0 N–H and O–H groups in total. The number of carbonyl (C=O) groups excluding carboxylic acids is 1. The maximum Gasteiger partial charge on any atom is 0.305 e. The highest BCUT2D eigenvalue weighted by Crippen LogP contribution is 2.05. The summed E-state index contributed by atoms with van der Waals surface area (Å²) in [7, 11) is 0. The van der Waals surface area contributed by atoms with Gasteiger partial charge in [0.25, 0.3) is 0 Å². The summed E-state index contributed by atoms with van der Waals surface area (Å²) in [6.45, 7) is 8.45. The third-order valence-corrected chi connectivity index (χ3v) is 2.15. The van der Waals surface area contributed by atoms with Crippen LogP contribution in [0.4, 0.5) is 0 Å². The molecule has 0 radical (unpaired) electrons. The van der Waals surface area contributed by atoms with E-state index in [4.69, 9.17) is 9.47 Å². The molecule has 0 amide bonds. The molecule has 84 valence electrons. The lowest BCUT2D eigenvalue weighted by Gasteiger charge is -2.20. The Kier molecular flexibility index (Phi) is 7.48. The number of carbonyl (C=O) groups is 1. The summed E-state index contributed by atoms with van der Waals surface area (Å²) in [6.07, 6.45) is 2.43. The number of hydrogen-bond donors (Lipinski definition) is 0. The van der Waals surface area contributed by atoms with E-state index < -0.39 is 0 Å². The topological polar surface area (TPSA) is 35.5 Å². The van der Waals surface area contributed by atoms with Gasteiger partial charge in [0, 0.05) is 13.0 Å². The SMILES string of the molecule is CCCCO[C@H](C)[C@H](C)OC(=O)CC. The molecule has 3 nitrogen and oxygen atoms in total. The standard InChI is InChI=1S/C11H22O3/c1-5-7-8-13-9(3)10(4)14-11(12)6-2/h9-10H,5-8H2,1-4H3/t9-,10+/m1/s1. The summed E-state index contributed by atoms with van der Waals surface area (Å²) in [5, 5.41) is 0. The van der Waals surface area contributed by atoms with Crippen LogP contribution in [-0.4, -0.2) is 24.8 Å². The normalized spacial score (nSPS) is 14.9. The first-order valence-electron chi connectivity index (χ1n) is 5.42. The molecule has 0 aliphatic heterocycles. The fourth-order valence-electron chi connectivity index (χ4n) is 0.936. The molecule has 0 spiro atoms. The van der Waals surface area contributed by atoms with Crippen molar-refractivity contribution >= 4 is 5.97 Å². The van der Waals surface area contributed by atoms with Gasteiger partial charge in [0.15, 0.2) is 0 Å². The van der Waals surface area contributed by atoms with Gasteiger partial charge in [0.2, 0.25) is 0 Å². The monoisotopic (exact) mass is 202 g/mol. The van der Waals surface area contributed by atoms with Gasteiger partial charge in [0.05, 0.1) is 6.10 Å². The van der Waals surface area contributed by atoms with Crippen molar-refractivity contribution < 1.29 is 14.3 Å². The van der Waals surface area contributed by atoms with Crippen LogP contribution < -0.4 is 0 Å². The van der Waals surface area contributed by atoms with Crippen LogP contribution in [0.5, 0.6) is 0 Å². The van der Waals surface area contributed by atoms with Gasteiger partial charge in [-0.2, -0.15) is 0 Å². The highest BCUT2D eigenvalue weighted by atomic mass is 16.6. The molecule has 0 aliphatic carbocycles. The van der Waals surface area contributed by atoms with E-state index in [-0.39, 0.29) is 18.2 Å². The Bertz CT molecular complexity index is 157. The lowest BCUT2D eigenvalue weighted by molar-refractivity contribution is -0.154. The number of rotatable bonds is 7. The second kappa shape index (κ2) is 7.80. The quantitative estimate of drug-likeness (QED) is 0.470. The van der Waals surface area contributed by atoms with Crippen LogP contribution in [0, 0.1) is 0 Å². The Labute approximate surface area is 86.8 Å². The Balaban J connectivity index is 3.64. The van der Waals surface area contributed by atoms with Crippen LogP contribution in [0.1, 0.15) is 47.0 Å². The van der Waals surface area contributed by atoms with E-state index in [1.807, 2.05) is 13.8 Å². The molecule has 0 aromatic heterocycles. The van der Waals surface area contributed by atoms with Crippen molar-refractivity contribution in [2.45, 2.75) is 59.2 Å². The molecule has 14 heavy (non-hydrogen) atoms. The fourth-order valence-corrected chi connectivity index (χ4v) is 0.936. The molecule has 0 heterocycles. The summed E-state index contributed by atoms with van der Waals surface area (Å²) in [4.78, 5) is 11.0. The smallest absolute Gasteiger partial charge is 0.305 e. The third-order valence-electron chi connectivity index (χ3n) is 2.15. The summed E-state index contributed by atoms with van der Waals surface area (Å²) < 4.78 is 10.6. The van der Waals surface area contributed by atoms with Crippen molar-refractivity contribution in [1.29, 1.82) is 0 Å². The largest absolute Gasteiger partial charge is 0.460 e. The molecule has 0 bridgehead atoms. The zero-order valence-corrected chi connectivity index (χ0v) is 9.71. The maximum absolute atomic E-state index is 11.0. The first-order chi connectivity index (χ1) is 6.61. The van der Waals surface area contributed by atoms with E-state index in [1.54, 1.807) is 6.92 Å². The molecule has 0 aromatic carbocycles. The van der Waals surface area contributed by atoms with Crippen molar-refractivity contribution in [3.8, 4) is 0 Å². The zero-order chi connectivity index (χ0) is 11.0. The van der Waals surface area contributed by atoms with Gasteiger partial charge in [0.1, 0.15) is 6.10 Å².